The topological polar surface area (TPSA) is 125 Å². The molecule has 3 radical (unpaired) electrons. The van der Waals surface area contributed by atoms with E-state index < -0.39 is 10.0 Å². The predicted octanol–water partition coefficient (Wildman–Crippen LogP) is 2.89. The van der Waals surface area contributed by atoms with E-state index in [1.54, 1.807) is 24.3 Å². The van der Waals surface area contributed by atoms with Crippen LogP contribution in [0.3, 0.4) is 0 Å². The Bertz CT molecular complexity index is 1880. The van der Waals surface area contributed by atoms with Gasteiger partial charge in [0.1, 0.15) is 0 Å². The summed E-state index contributed by atoms with van der Waals surface area (Å²) in [7, 11) is -3.71. The number of nitrogens with one attached hydrogen (secondary N) is 1. The molecule has 0 spiro atoms. The molecule has 2 aliphatic carbocycles. The zero-order chi connectivity index (χ0) is 27.7. The van der Waals surface area contributed by atoms with Gasteiger partial charge in [-0.05, 0) is 53.4 Å². The molecule has 0 aliphatic heterocycles. The molecule has 5 aromatic carbocycles. The van der Waals surface area contributed by atoms with Gasteiger partial charge < -0.3 is 11.0 Å². The fourth-order valence-corrected chi connectivity index (χ4v) is 5.90. The van der Waals surface area contributed by atoms with Crippen LogP contribution in [0.1, 0.15) is 27.8 Å². The predicted molar refractivity (Wildman–Crippen MR) is 165 cm³/mol. The van der Waals surface area contributed by atoms with Crippen molar-refractivity contribution in [1.82, 2.24) is 4.83 Å². The molecule has 205 valence electrons. The molecular formula is C33H25BN4NaO3S. The molecule has 10 heteroatoms. The molecule has 5 aromatic rings. The molecule has 0 heterocycles. The molecule has 43 heavy (non-hydrogen) atoms. The van der Waals surface area contributed by atoms with Crippen LogP contribution in [0.4, 0.5) is 0 Å². The van der Waals surface area contributed by atoms with Crippen LogP contribution in [0.2, 0.25) is 0 Å². The smallest absolute Gasteiger partial charge is 0.870 e. The van der Waals surface area contributed by atoms with E-state index in [1.165, 1.54) is 0 Å². The van der Waals surface area contributed by atoms with Crippen molar-refractivity contribution in [3.63, 3.8) is 0 Å². The van der Waals surface area contributed by atoms with Crippen LogP contribution in [0.15, 0.2) is 131 Å². The van der Waals surface area contributed by atoms with E-state index >= 15 is 0 Å². The fourth-order valence-electron chi connectivity index (χ4n) is 5.09. The first-order valence-electron chi connectivity index (χ1n) is 12.7. The minimum atomic E-state index is -3.71. The standard InChI is InChI=1S/C20H16N2O2S.C13H8N2.B.Na.H2O/c1-14-10-12-15(13-11-14)25(23,24)22-21-20-18-8-4-2-6-16(18)17-7-3-5-9-19(17)20;14-15-13-11-7-3-1-5-9(11)10-6-2-4-8-12(10)13;;;/h2-13,22H,1H3;1-8H;;;1H2/q;;;+1;/p-1. The van der Waals surface area contributed by atoms with E-state index in [0.717, 1.165) is 50.1 Å². The van der Waals surface area contributed by atoms with Crippen molar-refractivity contribution in [3.8, 4) is 22.3 Å². The molecule has 0 aromatic heterocycles. The van der Waals surface area contributed by atoms with Gasteiger partial charge >= 0.3 is 35.3 Å². The van der Waals surface area contributed by atoms with Crippen LogP contribution in [0.5, 0.6) is 0 Å². The minimum Gasteiger partial charge on any atom is -0.870 e. The number of hydrazone groups is 1. The van der Waals surface area contributed by atoms with Crippen molar-refractivity contribution < 1.29 is 48.2 Å². The Hall–Kier alpha value is -4.08. The van der Waals surface area contributed by atoms with Gasteiger partial charge in [0.2, 0.25) is 0 Å². The molecule has 0 saturated carbocycles. The second-order valence-electron chi connectivity index (χ2n) is 9.50. The van der Waals surface area contributed by atoms with Crippen LogP contribution in [0, 0.1) is 6.92 Å². The van der Waals surface area contributed by atoms with Crippen LogP contribution < -0.4 is 34.4 Å². The minimum absolute atomic E-state index is 0. The SMILES string of the molecule is Cc1ccc(S(=O)(=O)NN=C2c3ccccc3-c3ccccc32)cc1.[B].[N-]=[N+]=C1c2ccccc2-c2ccccc21.[Na+].[OH-]. The van der Waals surface area contributed by atoms with E-state index in [4.69, 9.17) is 5.53 Å². The zero-order valence-corrected chi connectivity index (χ0v) is 26.5. The van der Waals surface area contributed by atoms with Crippen molar-refractivity contribution >= 4 is 29.9 Å². The number of nitrogens with zero attached hydrogens (tertiary/aromatic N) is 3. The molecule has 2 aliphatic rings. The Morgan fingerprint density at radius 3 is 1.35 bits per heavy atom. The number of hydrogen-bond acceptors (Lipinski definition) is 4. The number of fused-ring (bicyclic) bond motifs is 6. The molecule has 0 unspecified atom stereocenters. The number of rotatable bonds is 3. The molecule has 7 rings (SSSR count). The first-order chi connectivity index (χ1) is 19.5. The summed E-state index contributed by atoms with van der Waals surface area (Å²) in [6, 6.07) is 38.4. The zero-order valence-electron chi connectivity index (χ0n) is 23.6. The largest absolute Gasteiger partial charge is 1.00 e. The third-order valence-corrected chi connectivity index (χ3v) is 8.24. The Labute approximate surface area is 275 Å². The van der Waals surface area contributed by atoms with Crippen molar-refractivity contribution in [1.29, 1.82) is 0 Å². The van der Waals surface area contributed by atoms with Gasteiger partial charge in [0.25, 0.3) is 10.0 Å². The third-order valence-electron chi connectivity index (χ3n) is 7.02. The fraction of sp³-hybridized carbons (Fsp3) is 0.0303. The Balaban J connectivity index is 0.000000243. The molecule has 0 atom stereocenters. The maximum atomic E-state index is 12.5. The summed E-state index contributed by atoms with van der Waals surface area (Å²) >= 11 is 0. The first-order valence-corrected chi connectivity index (χ1v) is 14.2. The third kappa shape index (κ3) is 6.33. The van der Waals surface area contributed by atoms with E-state index in [9.17, 15) is 8.42 Å². The second kappa shape index (κ2) is 13.9. The molecule has 0 saturated heterocycles. The Morgan fingerprint density at radius 1 is 0.605 bits per heavy atom. The summed E-state index contributed by atoms with van der Waals surface area (Å²) in [6.07, 6.45) is 0. The molecule has 0 fully saturated rings. The van der Waals surface area contributed by atoms with E-state index in [1.807, 2.05) is 104 Å². The first kappa shape index (κ1) is 33.4. The summed E-state index contributed by atoms with van der Waals surface area (Å²) in [5.74, 6) is 0. The number of benzene rings is 5. The summed E-state index contributed by atoms with van der Waals surface area (Å²) in [6.45, 7) is 1.91. The maximum Gasteiger partial charge on any atom is 1.00 e. The normalized spacial score (nSPS) is 11.4. The number of hydrogen-bond donors (Lipinski definition) is 1. The van der Waals surface area contributed by atoms with Crippen molar-refractivity contribution in [2.75, 3.05) is 0 Å². The van der Waals surface area contributed by atoms with E-state index in [2.05, 4.69) is 14.7 Å². The Kier molecular flexibility index (Phi) is 10.8. The van der Waals surface area contributed by atoms with Gasteiger partial charge in [-0.3, -0.25) is 0 Å². The van der Waals surface area contributed by atoms with Gasteiger partial charge in [-0.1, -0.05) is 103 Å². The molecule has 2 N–H and O–H groups in total. The summed E-state index contributed by atoms with van der Waals surface area (Å²) in [4.78, 5) is 5.96. The van der Waals surface area contributed by atoms with E-state index in [0.29, 0.717) is 11.4 Å². The maximum absolute atomic E-state index is 12.5. The van der Waals surface area contributed by atoms with Gasteiger partial charge in [-0.2, -0.15) is 23.1 Å². The molecule has 0 bridgehead atoms. The average Bonchev–Trinajstić information content (AvgIpc) is 3.49. The number of aryl methyl sites for hydroxylation is 1. The summed E-state index contributed by atoms with van der Waals surface area (Å²) in [5, 5.41) is 4.26. The van der Waals surface area contributed by atoms with Gasteiger partial charge in [-0.25, -0.2) is 0 Å². The molecule has 7 nitrogen and oxygen atoms in total. The Morgan fingerprint density at radius 2 is 0.953 bits per heavy atom. The molecular weight excluding hydrogens is 566 g/mol. The van der Waals surface area contributed by atoms with E-state index in [-0.39, 0.29) is 48.3 Å². The van der Waals surface area contributed by atoms with Crippen molar-refractivity contribution in [2.24, 2.45) is 5.10 Å². The van der Waals surface area contributed by atoms with Crippen molar-refractivity contribution in [2.45, 2.75) is 11.8 Å². The van der Waals surface area contributed by atoms with Crippen LogP contribution in [0.25, 0.3) is 27.8 Å². The van der Waals surface area contributed by atoms with Crippen molar-refractivity contribution in [3.05, 3.63) is 155 Å². The van der Waals surface area contributed by atoms with Crippen LogP contribution in [-0.4, -0.2) is 38.5 Å². The van der Waals surface area contributed by atoms with Gasteiger partial charge in [0.05, 0.1) is 21.7 Å². The average molecular weight is 591 g/mol. The summed E-state index contributed by atoms with van der Waals surface area (Å²) in [5.41, 5.74) is 19.6. The van der Waals surface area contributed by atoms with Gasteiger partial charge in [0, 0.05) is 19.5 Å². The monoisotopic (exact) mass is 591 g/mol. The van der Waals surface area contributed by atoms with Gasteiger partial charge in [0.15, 0.2) is 0 Å². The van der Waals surface area contributed by atoms with Gasteiger partial charge in [-0.15, -0.1) is 0 Å². The quantitative estimate of drug-likeness (QED) is 0.147. The second-order valence-corrected chi connectivity index (χ2v) is 11.2. The van der Waals surface area contributed by atoms with Crippen LogP contribution >= 0.6 is 0 Å². The summed E-state index contributed by atoms with van der Waals surface area (Å²) < 4.78 is 25.0. The van der Waals surface area contributed by atoms with Crippen LogP contribution in [-0.2, 0) is 10.0 Å². The number of sulfonamides is 1. The molecule has 0 amide bonds.